The van der Waals surface area contributed by atoms with Crippen LogP contribution in [0.4, 0.5) is 5.82 Å². The first-order valence-electron chi connectivity index (χ1n) is 24.2. The smallest absolute Gasteiger partial charge is 0.160 e. The number of Topliss-reactive ketones (excluding diaryl/α,β-unsaturated/α-hetero) is 2. The van der Waals surface area contributed by atoms with Crippen LogP contribution in [0.3, 0.4) is 0 Å². The molecule has 9 nitrogen and oxygen atoms in total. The maximum atomic E-state index is 14.4. The van der Waals surface area contributed by atoms with Crippen LogP contribution in [-0.4, -0.2) is 63.8 Å². The lowest BCUT2D eigenvalue weighted by atomic mass is 9.64. The van der Waals surface area contributed by atoms with Crippen molar-refractivity contribution in [1.29, 1.82) is 0 Å². The van der Waals surface area contributed by atoms with Gasteiger partial charge in [0.1, 0.15) is 17.0 Å². The van der Waals surface area contributed by atoms with E-state index in [1.54, 1.807) is 12.3 Å². The number of carbonyl (C=O) groups is 2. The second-order valence-corrected chi connectivity index (χ2v) is 20.2. The Morgan fingerprint density at radius 1 is 0.906 bits per heavy atom. The van der Waals surface area contributed by atoms with Crippen LogP contribution in [0.25, 0.3) is 10.8 Å². The fraction of sp³-hybridized carbons (Fsp3) is 0.545. The van der Waals surface area contributed by atoms with Gasteiger partial charge in [-0.3, -0.25) is 9.59 Å². The Hall–Kier alpha value is -4.75. The van der Waals surface area contributed by atoms with E-state index in [2.05, 4.69) is 72.4 Å². The Bertz CT molecular complexity index is 2350. The van der Waals surface area contributed by atoms with Crippen LogP contribution in [0.1, 0.15) is 138 Å². The van der Waals surface area contributed by atoms with Crippen LogP contribution in [0, 0.1) is 46.8 Å². The number of phenols is 1. The third kappa shape index (κ3) is 10.2. The van der Waals surface area contributed by atoms with Gasteiger partial charge in [0, 0.05) is 43.3 Å². The molecule has 1 aliphatic heterocycles. The number of hydrogen-bond acceptors (Lipinski definition) is 9. The van der Waals surface area contributed by atoms with Crippen LogP contribution < -0.4 is 15.8 Å². The molecule has 0 amide bonds. The number of benzene rings is 3. The number of carbonyl (C=O) groups excluding carboxylic acids is 2. The van der Waals surface area contributed by atoms with Crippen LogP contribution >= 0.6 is 0 Å². The quantitative estimate of drug-likeness (QED) is 0.0780. The predicted molar refractivity (Wildman–Crippen MR) is 253 cm³/mol. The average Bonchev–Trinajstić information content (AvgIpc) is 3.34. The number of nitrogens with zero attached hydrogens (tertiary/aromatic N) is 1. The second-order valence-electron chi connectivity index (χ2n) is 20.2. The molecule has 0 radical (unpaired) electrons. The third-order valence-electron chi connectivity index (χ3n) is 15.6. The minimum absolute atomic E-state index is 0.0107. The van der Waals surface area contributed by atoms with Gasteiger partial charge in [0.25, 0.3) is 0 Å². The monoisotopic (exact) mass is 868 g/mol. The number of anilines is 1. The molecule has 340 valence electrons. The molecule has 1 saturated heterocycles. The summed E-state index contributed by atoms with van der Waals surface area (Å²) in [7, 11) is 1.53. The first-order valence-corrected chi connectivity index (χ1v) is 24.2. The molecular weight excluding hydrogens is 799 g/mol. The number of aromatic hydroxyl groups is 1. The Kier molecular flexibility index (Phi) is 14.4. The summed E-state index contributed by atoms with van der Waals surface area (Å²) in [5.41, 5.74) is 9.00. The molecule has 4 aromatic rings. The summed E-state index contributed by atoms with van der Waals surface area (Å²) in [4.78, 5) is 30.8. The van der Waals surface area contributed by atoms with Crippen LogP contribution in [0.5, 0.6) is 11.5 Å². The summed E-state index contributed by atoms with van der Waals surface area (Å²) in [5, 5.41) is 41.7. The maximum Gasteiger partial charge on any atom is 0.160 e. The van der Waals surface area contributed by atoms with Gasteiger partial charge in [-0.25, -0.2) is 4.98 Å². The molecule has 1 aromatic heterocycles. The highest BCUT2D eigenvalue weighted by atomic mass is 16.5. The molecule has 4 aliphatic rings. The number of nitrogen functional groups attached to an aromatic ring is 1. The topological polar surface area (TPSA) is 155 Å². The minimum Gasteiger partial charge on any atom is -0.504 e. The number of ketones is 2. The van der Waals surface area contributed by atoms with Crippen LogP contribution in [0.15, 0.2) is 72.9 Å². The number of rotatable bonds is 14. The number of phenolic OH excluding ortho intramolecular Hbond substituents is 1. The van der Waals surface area contributed by atoms with Gasteiger partial charge in [-0.05, 0) is 158 Å². The van der Waals surface area contributed by atoms with E-state index in [1.165, 1.54) is 7.11 Å². The number of ether oxygens (including phenoxy) is 1. The number of methoxy groups -OCH3 is 1. The fourth-order valence-electron chi connectivity index (χ4n) is 11.9. The SMILES string of the molecule is COc1cc2c(cc1O)C(CCC(O)C(CCC(C)C)C(c1ccnc(N)c1)c1ccc3ccccc3c1)C#CC1(CCC(CCC3CNC4CC(=O)CCC4C3)CC1O)C(=O)CC2. The summed E-state index contributed by atoms with van der Waals surface area (Å²) in [6.45, 7) is 5.37. The number of hydrogen-bond donors (Lipinski definition) is 5. The van der Waals surface area contributed by atoms with Crippen molar-refractivity contribution < 1.29 is 29.6 Å². The average molecular weight is 868 g/mol. The summed E-state index contributed by atoms with van der Waals surface area (Å²) in [6.07, 6.45) is 10.9. The summed E-state index contributed by atoms with van der Waals surface area (Å²) in [6, 6.07) is 22.7. The zero-order valence-corrected chi connectivity index (χ0v) is 38.1. The van der Waals surface area contributed by atoms with E-state index in [4.69, 9.17) is 10.5 Å². The van der Waals surface area contributed by atoms with Gasteiger partial charge in [-0.15, -0.1) is 0 Å². The number of piperidine rings is 1. The first kappa shape index (κ1) is 45.8. The minimum atomic E-state index is -1.17. The number of aromatic nitrogens is 1. The molecule has 1 spiro atoms. The zero-order chi connectivity index (χ0) is 45.0. The molecule has 3 aromatic carbocycles. The highest BCUT2D eigenvalue weighted by Crippen LogP contribution is 2.46. The van der Waals surface area contributed by atoms with E-state index in [1.807, 2.05) is 24.3 Å². The lowest BCUT2D eigenvalue weighted by Crippen LogP contribution is -2.49. The third-order valence-corrected chi connectivity index (χ3v) is 15.6. The first-order chi connectivity index (χ1) is 30.9. The fourth-order valence-corrected chi connectivity index (χ4v) is 11.9. The number of aliphatic hydroxyl groups is 2. The van der Waals surface area contributed by atoms with E-state index < -0.39 is 23.5 Å². The predicted octanol–water partition coefficient (Wildman–Crippen LogP) is 9.43. The molecule has 8 rings (SSSR count). The van der Waals surface area contributed by atoms with Crippen molar-refractivity contribution >= 4 is 28.2 Å². The van der Waals surface area contributed by atoms with Gasteiger partial charge in [0.15, 0.2) is 17.3 Å². The van der Waals surface area contributed by atoms with E-state index in [-0.39, 0.29) is 29.8 Å². The number of aliphatic hydroxyl groups excluding tert-OH is 2. The second kappa shape index (κ2) is 20.2. The standard InChI is InChI=1S/C55H69N3O6/c1-34(2)8-17-45(54(43-22-25-57-53(56)30-43)42-12-11-37-6-4-5-7-39(37)28-42)48(60)18-14-38-21-24-55(51(62)19-15-40-29-50(64-3)49(61)32-46(38)40)23-20-35(27-52(55)63)9-10-36-26-41-13-16-44(59)31-47(41)58-33-36/h4-7,11-12,22,25,28-30,32,34-36,38,41,45,47-48,52,54,58,60-61,63H,8-10,13-20,23,26-27,31,33H2,1-3H3,(H2,56,57). The molecule has 6 N–H and O–H groups in total. The van der Waals surface area contributed by atoms with Crippen molar-refractivity contribution in [2.24, 2.45) is 35.0 Å². The summed E-state index contributed by atoms with van der Waals surface area (Å²) in [5.74, 6) is 9.29. The van der Waals surface area contributed by atoms with Crippen molar-refractivity contribution in [3.8, 4) is 23.3 Å². The van der Waals surface area contributed by atoms with Gasteiger partial charge in [0.05, 0.1) is 19.3 Å². The van der Waals surface area contributed by atoms with E-state index in [9.17, 15) is 24.9 Å². The van der Waals surface area contributed by atoms with Crippen molar-refractivity contribution in [1.82, 2.24) is 10.3 Å². The molecule has 0 bridgehead atoms. The van der Waals surface area contributed by atoms with Gasteiger partial charge in [-0.1, -0.05) is 81.0 Å². The van der Waals surface area contributed by atoms with Crippen molar-refractivity contribution in [3.63, 3.8) is 0 Å². The van der Waals surface area contributed by atoms with E-state index in [0.29, 0.717) is 92.0 Å². The highest BCUT2D eigenvalue weighted by Gasteiger charge is 2.48. The van der Waals surface area contributed by atoms with Crippen molar-refractivity contribution in [3.05, 3.63) is 95.2 Å². The number of nitrogens with two attached hydrogens (primary N) is 1. The molecule has 2 heterocycles. The Labute approximate surface area is 380 Å². The van der Waals surface area contributed by atoms with Gasteiger partial charge in [0.2, 0.25) is 0 Å². The van der Waals surface area contributed by atoms with Crippen LogP contribution in [-0.2, 0) is 16.0 Å². The number of aryl methyl sites for hydroxylation is 1. The molecule has 3 fully saturated rings. The Morgan fingerprint density at radius 3 is 2.48 bits per heavy atom. The van der Waals surface area contributed by atoms with Crippen molar-refractivity contribution in [2.75, 3.05) is 19.4 Å². The maximum absolute atomic E-state index is 14.4. The zero-order valence-electron chi connectivity index (χ0n) is 38.1. The number of nitrogens with one attached hydrogen (secondary N) is 1. The van der Waals surface area contributed by atoms with Crippen molar-refractivity contribution in [2.45, 2.75) is 140 Å². The lowest BCUT2D eigenvalue weighted by Gasteiger charge is -2.42. The molecule has 2 saturated carbocycles. The van der Waals surface area contributed by atoms with Gasteiger partial charge < -0.3 is 31.1 Å². The Balaban J connectivity index is 1.05. The Morgan fingerprint density at radius 2 is 1.70 bits per heavy atom. The molecule has 3 aliphatic carbocycles. The molecule has 10 atom stereocenters. The highest BCUT2D eigenvalue weighted by molar-refractivity contribution is 5.89. The molecule has 10 unspecified atom stereocenters. The van der Waals surface area contributed by atoms with Gasteiger partial charge in [-0.2, -0.15) is 0 Å². The van der Waals surface area contributed by atoms with E-state index >= 15 is 0 Å². The largest absolute Gasteiger partial charge is 0.504 e. The van der Waals surface area contributed by atoms with Crippen LogP contribution in [0.2, 0.25) is 0 Å². The molecular formula is C55H69N3O6. The lowest BCUT2D eigenvalue weighted by molar-refractivity contribution is -0.134. The summed E-state index contributed by atoms with van der Waals surface area (Å²) >= 11 is 0. The molecule has 9 heteroatoms. The molecule has 64 heavy (non-hydrogen) atoms. The van der Waals surface area contributed by atoms with E-state index in [0.717, 1.165) is 84.5 Å². The normalized spacial score (nSPS) is 27.3. The number of fused-ring (bicyclic) bond motifs is 3. The number of pyridine rings is 1. The summed E-state index contributed by atoms with van der Waals surface area (Å²) < 4.78 is 5.55. The van der Waals surface area contributed by atoms with Gasteiger partial charge >= 0.3 is 0 Å².